The van der Waals surface area contributed by atoms with Gasteiger partial charge in [0.15, 0.2) is 0 Å². The average molecular weight is 271 g/mol. The Bertz CT molecular complexity index is 346. The molecule has 0 aromatic heterocycles. The van der Waals surface area contributed by atoms with Crippen LogP contribution in [-0.4, -0.2) is 18.6 Å². The molecule has 74 valence electrons. The van der Waals surface area contributed by atoms with Gasteiger partial charge in [0.05, 0.1) is 11.3 Å². The lowest BCUT2D eigenvalue weighted by atomic mass is 10.2. The maximum absolute atomic E-state index is 8.88. The van der Waals surface area contributed by atoms with Crippen molar-refractivity contribution >= 4 is 33.4 Å². The normalized spacial score (nSPS) is 9.50. The highest BCUT2D eigenvalue weighted by Crippen LogP contribution is 2.20. The molecule has 0 aliphatic carbocycles. The van der Waals surface area contributed by atoms with Gasteiger partial charge in [-0.25, -0.2) is 0 Å². The molecule has 0 radical (unpaired) electrons. The third kappa shape index (κ3) is 3.24. The van der Waals surface area contributed by atoms with E-state index >= 15 is 0 Å². The molecule has 1 rings (SSSR count). The van der Waals surface area contributed by atoms with E-state index in [1.165, 1.54) is 0 Å². The van der Waals surface area contributed by atoms with Crippen molar-refractivity contribution in [3.8, 4) is 6.07 Å². The highest BCUT2D eigenvalue weighted by molar-refractivity contribution is 9.10. The first-order valence-electron chi connectivity index (χ1n) is 4.20. The molecule has 0 bridgehead atoms. The fourth-order valence-corrected chi connectivity index (χ4v) is 1.72. The monoisotopic (exact) mass is 270 g/mol. The highest BCUT2D eigenvalue weighted by atomic mass is 79.9. The summed E-state index contributed by atoms with van der Waals surface area (Å²) in [6.07, 6.45) is 2.06. The van der Waals surface area contributed by atoms with Crippen LogP contribution < -0.4 is 5.32 Å². The van der Waals surface area contributed by atoms with Gasteiger partial charge >= 0.3 is 0 Å². The first-order valence-corrected chi connectivity index (χ1v) is 6.39. The molecular weight excluding hydrogens is 260 g/mol. The zero-order valence-electron chi connectivity index (χ0n) is 7.88. The summed E-state index contributed by atoms with van der Waals surface area (Å²) in [4.78, 5) is 0. The van der Waals surface area contributed by atoms with Gasteiger partial charge in [-0.1, -0.05) is 15.9 Å². The van der Waals surface area contributed by atoms with Crippen LogP contribution in [-0.2, 0) is 0 Å². The van der Waals surface area contributed by atoms with Gasteiger partial charge in [0.1, 0.15) is 6.07 Å². The maximum Gasteiger partial charge on any atom is 0.101 e. The van der Waals surface area contributed by atoms with Crippen molar-refractivity contribution in [2.45, 2.75) is 0 Å². The van der Waals surface area contributed by atoms with E-state index in [1.54, 1.807) is 11.8 Å². The minimum atomic E-state index is 0.681. The summed E-state index contributed by atoms with van der Waals surface area (Å²) in [6.45, 7) is 0.886. The lowest BCUT2D eigenvalue weighted by Gasteiger charge is -2.07. The van der Waals surface area contributed by atoms with E-state index in [2.05, 4.69) is 33.6 Å². The van der Waals surface area contributed by atoms with E-state index in [0.29, 0.717) is 5.56 Å². The predicted octanol–water partition coefficient (Wildman–Crippen LogP) is 3.10. The zero-order chi connectivity index (χ0) is 10.4. The van der Waals surface area contributed by atoms with Gasteiger partial charge in [0, 0.05) is 16.8 Å². The van der Waals surface area contributed by atoms with Crippen molar-refractivity contribution in [2.75, 3.05) is 23.9 Å². The van der Waals surface area contributed by atoms with Crippen LogP contribution in [0.15, 0.2) is 22.7 Å². The molecule has 0 heterocycles. The van der Waals surface area contributed by atoms with Crippen LogP contribution in [0.25, 0.3) is 0 Å². The molecule has 4 heteroatoms. The van der Waals surface area contributed by atoms with Gasteiger partial charge < -0.3 is 5.32 Å². The van der Waals surface area contributed by atoms with E-state index in [1.807, 2.05) is 18.2 Å². The first-order chi connectivity index (χ1) is 6.77. The van der Waals surface area contributed by atoms with Crippen molar-refractivity contribution in [2.24, 2.45) is 0 Å². The number of anilines is 1. The van der Waals surface area contributed by atoms with Gasteiger partial charge in [-0.2, -0.15) is 17.0 Å². The molecule has 0 saturated carbocycles. The molecule has 0 amide bonds. The molecule has 0 saturated heterocycles. The molecule has 0 fully saturated rings. The van der Waals surface area contributed by atoms with E-state index in [4.69, 9.17) is 5.26 Å². The van der Waals surface area contributed by atoms with Crippen LogP contribution in [0.4, 0.5) is 5.69 Å². The number of nitrogens with zero attached hydrogens (tertiary/aromatic N) is 1. The Labute approximate surface area is 96.8 Å². The number of hydrogen-bond acceptors (Lipinski definition) is 3. The molecule has 0 spiro atoms. The zero-order valence-corrected chi connectivity index (χ0v) is 10.3. The highest BCUT2D eigenvalue weighted by Gasteiger charge is 2.00. The summed E-state index contributed by atoms with van der Waals surface area (Å²) in [6, 6.07) is 7.84. The predicted molar refractivity (Wildman–Crippen MR) is 65.7 cm³/mol. The topological polar surface area (TPSA) is 35.8 Å². The molecule has 2 nitrogen and oxygen atoms in total. The largest absolute Gasteiger partial charge is 0.383 e. The van der Waals surface area contributed by atoms with Gasteiger partial charge in [0.2, 0.25) is 0 Å². The number of halogens is 1. The molecule has 0 aliphatic rings. The fourth-order valence-electron chi connectivity index (χ4n) is 1.05. The van der Waals surface area contributed by atoms with Crippen LogP contribution in [0, 0.1) is 11.3 Å². The molecule has 1 aromatic rings. The van der Waals surface area contributed by atoms with Gasteiger partial charge in [-0.05, 0) is 24.5 Å². The van der Waals surface area contributed by atoms with E-state index in [9.17, 15) is 0 Å². The lowest BCUT2D eigenvalue weighted by molar-refractivity contribution is 1.22. The van der Waals surface area contributed by atoms with Gasteiger partial charge in [-0.15, -0.1) is 0 Å². The van der Waals surface area contributed by atoms with Gasteiger partial charge in [0.25, 0.3) is 0 Å². The minimum absolute atomic E-state index is 0.681. The molecule has 0 atom stereocenters. The van der Waals surface area contributed by atoms with Crippen LogP contribution in [0.2, 0.25) is 0 Å². The third-order valence-corrected chi connectivity index (χ3v) is 2.83. The Hall–Kier alpha value is -0.660. The van der Waals surface area contributed by atoms with E-state index in [0.717, 1.165) is 22.5 Å². The Morgan fingerprint density at radius 1 is 1.57 bits per heavy atom. The number of benzene rings is 1. The summed E-state index contributed by atoms with van der Waals surface area (Å²) >= 11 is 5.12. The average Bonchev–Trinajstić information content (AvgIpc) is 2.20. The second kappa shape index (κ2) is 5.94. The Morgan fingerprint density at radius 2 is 2.36 bits per heavy atom. The summed E-state index contributed by atoms with van der Waals surface area (Å²) in [5.41, 5.74) is 1.59. The summed E-state index contributed by atoms with van der Waals surface area (Å²) in [7, 11) is 0. The summed E-state index contributed by atoms with van der Waals surface area (Å²) in [5, 5.41) is 12.1. The lowest BCUT2D eigenvalue weighted by Crippen LogP contribution is -2.05. The molecular formula is C10H11BrN2S. The molecule has 0 unspecified atom stereocenters. The SMILES string of the molecule is CSCCNc1ccc(Br)cc1C#N. The smallest absolute Gasteiger partial charge is 0.101 e. The Morgan fingerprint density at radius 3 is 3.00 bits per heavy atom. The molecule has 0 aliphatic heterocycles. The third-order valence-electron chi connectivity index (χ3n) is 1.72. The van der Waals surface area contributed by atoms with Crippen LogP contribution in [0.1, 0.15) is 5.56 Å². The Kier molecular flexibility index (Phi) is 4.85. The summed E-state index contributed by atoms with van der Waals surface area (Å²) < 4.78 is 0.935. The van der Waals surface area contributed by atoms with Crippen molar-refractivity contribution < 1.29 is 0 Å². The fraction of sp³-hybridized carbons (Fsp3) is 0.300. The number of nitrogens with one attached hydrogen (secondary N) is 1. The van der Waals surface area contributed by atoms with Crippen molar-refractivity contribution in [1.82, 2.24) is 0 Å². The second-order valence-electron chi connectivity index (χ2n) is 2.72. The van der Waals surface area contributed by atoms with Gasteiger partial charge in [-0.3, -0.25) is 0 Å². The van der Waals surface area contributed by atoms with Crippen LogP contribution in [0.3, 0.4) is 0 Å². The molecule has 14 heavy (non-hydrogen) atoms. The maximum atomic E-state index is 8.88. The number of nitriles is 1. The standard InChI is InChI=1S/C10H11BrN2S/c1-14-5-4-13-10-3-2-9(11)6-8(10)7-12/h2-3,6,13H,4-5H2,1H3. The second-order valence-corrected chi connectivity index (χ2v) is 4.62. The van der Waals surface area contributed by atoms with E-state index < -0.39 is 0 Å². The minimum Gasteiger partial charge on any atom is -0.383 e. The van der Waals surface area contributed by atoms with Crippen LogP contribution >= 0.6 is 27.7 Å². The molecule has 1 aromatic carbocycles. The van der Waals surface area contributed by atoms with Crippen molar-refractivity contribution in [1.29, 1.82) is 5.26 Å². The Balaban J connectivity index is 2.72. The van der Waals surface area contributed by atoms with Crippen LogP contribution in [0.5, 0.6) is 0 Å². The summed E-state index contributed by atoms with van der Waals surface area (Å²) in [5.74, 6) is 1.04. The molecule has 1 N–H and O–H groups in total. The van der Waals surface area contributed by atoms with Crippen molar-refractivity contribution in [3.63, 3.8) is 0 Å². The first kappa shape index (κ1) is 11.4. The quantitative estimate of drug-likeness (QED) is 0.855. The van der Waals surface area contributed by atoms with Crippen molar-refractivity contribution in [3.05, 3.63) is 28.2 Å². The number of hydrogen-bond donors (Lipinski definition) is 1. The van der Waals surface area contributed by atoms with E-state index in [-0.39, 0.29) is 0 Å². The number of rotatable bonds is 4. The number of thioether (sulfide) groups is 1.